The minimum atomic E-state index is 0.0919. The Kier molecular flexibility index (Phi) is 5.59. The van der Waals surface area contributed by atoms with E-state index in [4.69, 9.17) is 16.3 Å². The van der Waals surface area contributed by atoms with Crippen molar-refractivity contribution in [3.8, 4) is 5.75 Å². The fourth-order valence-electron chi connectivity index (χ4n) is 1.23. The van der Waals surface area contributed by atoms with Gasteiger partial charge in [0.15, 0.2) is 0 Å². The standard InChI is InChI=1S/C12H17BrClNO/c1-8(2)15-7-9(3)16-12-6-10(13)4-5-11(12)14/h4-6,8-9,15H,7H2,1-3H3. The molecule has 0 aromatic heterocycles. The molecule has 4 heteroatoms. The molecule has 1 atom stereocenters. The van der Waals surface area contributed by atoms with Crippen LogP contribution in [0.15, 0.2) is 22.7 Å². The van der Waals surface area contributed by atoms with E-state index >= 15 is 0 Å². The molecule has 0 saturated carbocycles. The van der Waals surface area contributed by atoms with Gasteiger partial charge in [0.2, 0.25) is 0 Å². The summed E-state index contributed by atoms with van der Waals surface area (Å²) >= 11 is 9.43. The van der Waals surface area contributed by atoms with E-state index in [9.17, 15) is 0 Å². The first-order valence-electron chi connectivity index (χ1n) is 5.34. The maximum Gasteiger partial charge on any atom is 0.139 e. The van der Waals surface area contributed by atoms with Gasteiger partial charge in [0, 0.05) is 17.1 Å². The first-order valence-corrected chi connectivity index (χ1v) is 6.51. The number of halogens is 2. The Balaban J connectivity index is 2.55. The van der Waals surface area contributed by atoms with E-state index < -0.39 is 0 Å². The predicted octanol–water partition coefficient (Wildman–Crippen LogP) is 3.87. The minimum Gasteiger partial charge on any atom is -0.488 e. The summed E-state index contributed by atoms with van der Waals surface area (Å²) in [5.74, 6) is 0.717. The highest BCUT2D eigenvalue weighted by Crippen LogP contribution is 2.28. The smallest absolute Gasteiger partial charge is 0.139 e. The van der Waals surface area contributed by atoms with Gasteiger partial charge in [-0.05, 0) is 25.1 Å². The summed E-state index contributed by atoms with van der Waals surface area (Å²) in [7, 11) is 0. The molecule has 2 nitrogen and oxygen atoms in total. The number of benzene rings is 1. The van der Waals surface area contributed by atoms with Crippen molar-refractivity contribution in [3.05, 3.63) is 27.7 Å². The molecule has 1 aromatic rings. The molecule has 0 heterocycles. The van der Waals surface area contributed by atoms with Crippen molar-refractivity contribution in [1.82, 2.24) is 5.32 Å². The van der Waals surface area contributed by atoms with Gasteiger partial charge in [-0.1, -0.05) is 41.4 Å². The Morgan fingerprint density at radius 1 is 1.38 bits per heavy atom. The Bertz CT molecular complexity index is 344. The molecule has 90 valence electrons. The van der Waals surface area contributed by atoms with E-state index in [0.717, 1.165) is 11.0 Å². The first kappa shape index (κ1) is 13.8. The topological polar surface area (TPSA) is 21.3 Å². The highest BCUT2D eigenvalue weighted by Gasteiger charge is 2.08. The number of nitrogens with one attached hydrogen (secondary N) is 1. The van der Waals surface area contributed by atoms with E-state index in [2.05, 4.69) is 35.1 Å². The van der Waals surface area contributed by atoms with Gasteiger partial charge in [0.05, 0.1) is 5.02 Å². The van der Waals surface area contributed by atoms with Gasteiger partial charge in [-0.2, -0.15) is 0 Å². The van der Waals surface area contributed by atoms with Crippen molar-refractivity contribution < 1.29 is 4.74 Å². The van der Waals surface area contributed by atoms with Crippen molar-refractivity contribution in [2.24, 2.45) is 0 Å². The van der Waals surface area contributed by atoms with Gasteiger partial charge in [-0.25, -0.2) is 0 Å². The number of hydrogen-bond acceptors (Lipinski definition) is 2. The molecule has 0 spiro atoms. The summed E-state index contributed by atoms with van der Waals surface area (Å²) in [4.78, 5) is 0. The summed E-state index contributed by atoms with van der Waals surface area (Å²) in [5.41, 5.74) is 0. The van der Waals surface area contributed by atoms with Gasteiger partial charge < -0.3 is 10.1 Å². The van der Waals surface area contributed by atoms with Crippen LogP contribution in [0.2, 0.25) is 5.02 Å². The lowest BCUT2D eigenvalue weighted by atomic mass is 10.3. The average Bonchev–Trinajstić information content (AvgIpc) is 2.20. The summed E-state index contributed by atoms with van der Waals surface area (Å²) in [6.45, 7) is 7.05. The van der Waals surface area contributed by atoms with Crippen LogP contribution in [-0.2, 0) is 0 Å². The molecule has 0 amide bonds. The molecule has 0 radical (unpaired) electrons. The van der Waals surface area contributed by atoms with E-state index in [-0.39, 0.29) is 6.10 Å². The van der Waals surface area contributed by atoms with Crippen molar-refractivity contribution in [3.63, 3.8) is 0 Å². The van der Waals surface area contributed by atoms with E-state index in [1.54, 1.807) is 0 Å². The maximum absolute atomic E-state index is 6.04. The molecule has 0 aliphatic heterocycles. The minimum absolute atomic E-state index is 0.0919. The van der Waals surface area contributed by atoms with Crippen molar-refractivity contribution in [2.45, 2.75) is 32.9 Å². The van der Waals surface area contributed by atoms with Gasteiger partial charge >= 0.3 is 0 Å². The van der Waals surface area contributed by atoms with Crippen molar-refractivity contribution >= 4 is 27.5 Å². The Hall–Kier alpha value is -0.250. The molecular weight excluding hydrogens is 289 g/mol. The third-order valence-electron chi connectivity index (χ3n) is 2.03. The zero-order chi connectivity index (χ0) is 12.1. The van der Waals surface area contributed by atoms with Gasteiger partial charge in [-0.3, -0.25) is 0 Å². The van der Waals surface area contributed by atoms with Crippen LogP contribution < -0.4 is 10.1 Å². The van der Waals surface area contributed by atoms with E-state index in [1.807, 2.05) is 25.1 Å². The molecular formula is C12H17BrClNO. The molecule has 0 fully saturated rings. The van der Waals surface area contributed by atoms with Crippen LogP contribution in [0.3, 0.4) is 0 Å². The Labute approximate surface area is 110 Å². The Morgan fingerprint density at radius 2 is 2.06 bits per heavy atom. The maximum atomic E-state index is 6.04. The fraction of sp³-hybridized carbons (Fsp3) is 0.500. The normalized spacial score (nSPS) is 12.9. The Morgan fingerprint density at radius 3 is 2.69 bits per heavy atom. The monoisotopic (exact) mass is 305 g/mol. The summed E-state index contributed by atoms with van der Waals surface area (Å²) < 4.78 is 6.72. The number of rotatable bonds is 5. The number of hydrogen-bond donors (Lipinski definition) is 1. The molecule has 16 heavy (non-hydrogen) atoms. The highest BCUT2D eigenvalue weighted by molar-refractivity contribution is 9.10. The molecule has 0 saturated heterocycles. The third kappa shape index (κ3) is 4.73. The summed E-state index contributed by atoms with van der Waals surface area (Å²) in [6.07, 6.45) is 0.0919. The van der Waals surface area contributed by atoms with Crippen LogP contribution in [0.25, 0.3) is 0 Å². The second-order valence-electron chi connectivity index (χ2n) is 4.07. The predicted molar refractivity (Wildman–Crippen MR) is 72.4 cm³/mol. The van der Waals surface area contributed by atoms with Crippen LogP contribution in [0.5, 0.6) is 5.75 Å². The lowest BCUT2D eigenvalue weighted by Gasteiger charge is -2.18. The van der Waals surface area contributed by atoms with Crippen LogP contribution >= 0.6 is 27.5 Å². The second-order valence-corrected chi connectivity index (χ2v) is 5.39. The molecule has 0 aliphatic carbocycles. The van der Waals surface area contributed by atoms with Crippen molar-refractivity contribution in [2.75, 3.05) is 6.54 Å². The van der Waals surface area contributed by atoms with Crippen LogP contribution in [0, 0.1) is 0 Å². The lowest BCUT2D eigenvalue weighted by Crippen LogP contribution is -2.33. The third-order valence-corrected chi connectivity index (χ3v) is 2.84. The summed E-state index contributed by atoms with van der Waals surface area (Å²) in [6, 6.07) is 6.06. The quantitative estimate of drug-likeness (QED) is 0.891. The molecule has 0 bridgehead atoms. The van der Waals surface area contributed by atoms with Gasteiger partial charge in [0.25, 0.3) is 0 Å². The largest absolute Gasteiger partial charge is 0.488 e. The van der Waals surface area contributed by atoms with Gasteiger partial charge in [0.1, 0.15) is 11.9 Å². The van der Waals surface area contributed by atoms with Crippen LogP contribution in [-0.4, -0.2) is 18.7 Å². The lowest BCUT2D eigenvalue weighted by molar-refractivity contribution is 0.213. The van der Waals surface area contributed by atoms with Crippen LogP contribution in [0.4, 0.5) is 0 Å². The average molecular weight is 307 g/mol. The summed E-state index contributed by atoms with van der Waals surface area (Å²) in [5, 5.41) is 3.96. The highest BCUT2D eigenvalue weighted by atomic mass is 79.9. The van der Waals surface area contributed by atoms with Crippen molar-refractivity contribution in [1.29, 1.82) is 0 Å². The zero-order valence-corrected chi connectivity index (χ0v) is 12.1. The molecule has 1 N–H and O–H groups in total. The molecule has 1 aromatic carbocycles. The number of ether oxygens (including phenoxy) is 1. The SMILES string of the molecule is CC(C)NCC(C)Oc1cc(Br)ccc1Cl. The molecule has 1 unspecified atom stereocenters. The first-order chi connectivity index (χ1) is 7.49. The van der Waals surface area contributed by atoms with E-state index in [0.29, 0.717) is 16.8 Å². The molecule has 1 rings (SSSR count). The zero-order valence-electron chi connectivity index (χ0n) is 9.76. The van der Waals surface area contributed by atoms with E-state index in [1.165, 1.54) is 0 Å². The fourth-order valence-corrected chi connectivity index (χ4v) is 1.73. The second kappa shape index (κ2) is 6.48. The van der Waals surface area contributed by atoms with Crippen LogP contribution in [0.1, 0.15) is 20.8 Å². The van der Waals surface area contributed by atoms with Gasteiger partial charge in [-0.15, -0.1) is 0 Å². The molecule has 0 aliphatic rings.